The summed E-state index contributed by atoms with van der Waals surface area (Å²) in [4.78, 5) is 11.4. The highest BCUT2D eigenvalue weighted by Gasteiger charge is 2.70. The lowest BCUT2D eigenvalue weighted by atomic mass is 9.89. The molecule has 0 aliphatic carbocycles. The van der Waals surface area contributed by atoms with Crippen LogP contribution in [0.4, 0.5) is 17.6 Å². The average Bonchev–Trinajstić information content (AvgIpc) is 2.77. The zero-order chi connectivity index (χ0) is 25.5. The summed E-state index contributed by atoms with van der Waals surface area (Å²) in [5, 5.41) is -4.52. The first-order chi connectivity index (χ1) is 15.7. The van der Waals surface area contributed by atoms with E-state index in [0.29, 0.717) is 0 Å². The Bertz CT molecular complexity index is 1330. The molecule has 1 aromatic carbocycles. The third-order valence-corrected chi connectivity index (χ3v) is 8.15. The molecule has 2 heterocycles. The highest BCUT2D eigenvalue weighted by atomic mass is 32.2. The van der Waals surface area contributed by atoms with Gasteiger partial charge in [-0.15, -0.1) is 6.42 Å². The molecule has 1 aliphatic heterocycles. The molecule has 0 bridgehead atoms. The summed E-state index contributed by atoms with van der Waals surface area (Å²) >= 11 is 0. The van der Waals surface area contributed by atoms with Crippen molar-refractivity contribution >= 4 is 27.6 Å². The maximum Gasteiger partial charge on any atom is 0.374 e. The summed E-state index contributed by atoms with van der Waals surface area (Å²) < 4.78 is 88.2. The second-order valence-electron chi connectivity index (χ2n) is 8.06. The Labute approximate surface area is 193 Å². The van der Waals surface area contributed by atoms with Gasteiger partial charge in [-0.1, -0.05) is 12.0 Å². The lowest BCUT2D eigenvalue weighted by Crippen LogP contribution is -2.63. The van der Waals surface area contributed by atoms with Crippen LogP contribution < -0.4 is 10.5 Å². The largest absolute Gasteiger partial charge is 0.463 e. The molecular formula is C22H20F4N4O3S. The number of hydrogen-bond donors (Lipinski definition) is 1. The summed E-state index contributed by atoms with van der Waals surface area (Å²) in [5.41, 5.74) is 1.76. The number of rotatable bonds is 5. The summed E-state index contributed by atoms with van der Waals surface area (Å²) in [6.07, 6.45) is 8.14. The van der Waals surface area contributed by atoms with Crippen LogP contribution in [0.15, 0.2) is 35.6 Å². The van der Waals surface area contributed by atoms with Crippen LogP contribution in [0.25, 0.3) is 11.9 Å². The Balaban J connectivity index is 2.08. The molecule has 0 radical (unpaired) electrons. The standard InChI is InChI=1S/C22H20F4N4O3S/c1-5-8-33-18-12-28-17(11-29-18)16(24)10-13-6-7-15(23)14(9-13)21(4)22(25,26)34(31,32)20(2,3)19(27)30-21/h1,6-7,9-12H,8H2,2-4H3,(H2,27,30)/b16-10-/t21-/m1/s1. The highest BCUT2D eigenvalue weighted by Crippen LogP contribution is 2.52. The maximum absolute atomic E-state index is 15.3. The van der Waals surface area contributed by atoms with Crippen LogP contribution in [0.1, 0.15) is 37.6 Å². The number of halogens is 4. The van der Waals surface area contributed by atoms with Gasteiger partial charge in [0, 0.05) is 5.56 Å². The molecule has 0 spiro atoms. The van der Waals surface area contributed by atoms with E-state index in [0.717, 1.165) is 57.4 Å². The van der Waals surface area contributed by atoms with Crippen molar-refractivity contribution in [2.75, 3.05) is 6.61 Å². The minimum absolute atomic E-state index is 0.0589. The monoisotopic (exact) mass is 496 g/mol. The lowest BCUT2D eigenvalue weighted by Gasteiger charge is -2.43. The fourth-order valence-corrected chi connectivity index (χ4v) is 4.87. The number of aromatic nitrogens is 2. The van der Waals surface area contributed by atoms with Crippen molar-refractivity contribution in [1.82, 2.24) is 9.97 Å². The van der Waals surface area contributed by atoms with Crippen molar-refractivity contribution in [3.63, 3.8) is 0 Å². The number of hydrogen-bond acceptors (Lipinski definition) is 7. The van der Waals surface area contributed by atoms with Crippen LogP contribution >= 0.6 is 0 Å². The topological polar surface area (TPSA) is 108 Å². The normalized spacial score (nSPS) is 23.0. The van der Waals surface area contributed by atoms with E-state index >= 15 is 8.78 Å². The number of benzene rings is 1. The summed E-state index contributed by atoms with van der Waals surface area (Å²) in [5.74, 6) is -0.402. The van der Waals surface area contributed by atoms with Gasteiger partial charge in [0.1, 0.15) is 22.1 Å². The maximum atomic E-state index is 15.3. The number of ether oxygens (including phenoxy) is 1. The van der Waals surface area contributed by atoms with E-state index in [1.54, 1.807) is 0 Å². The molecule has 180 valence electrons. The molecule has 1 aromatic heterocycles. The summed E-state index contributed by atoms with van der Waals surface area (Å²) in [6.45, 7) is 2.68. The van der Waals surface area contributed by atoms with Crippen LogP contribution in [0, 0.1) is 18.2 Å². The smallest absolute Gasteiger partial charge is 0.374 e. The van der Waals surface area contributed by atoms with Gasteiger partial charge in [0.25, 0.3) is 0 Å². The van der Waals surface area contributed by atoms with E-state index in [4.69, 9.17) is 16.9 Å². The zero-order valence-electron chi connectivity index (χ0n) is 18.3. The Kier molecular flexibility index (Phi) is 6.21. The highest BCUT2D eigenvalue weighted by molar-refractivity contribution is 7.94. The van der Waals surface area contributed by atoms with Crippen molar-refractivity contribution in [3.8, 4) is 18.2 Å². The first kappa shape index (κ1) is 25.2. The van der Waals surface area contributed by atoms with E-state index < -0.39 is 48.4 Å². The van der Waals surface area contributed by atoms with Crippen LogP contribution in [-0.2, 0) is 15.4 Å². The molecule has 12 heteroatoms. The van der Waals surface area contributed by atoms with Gasteiger partial charge in [-0.25, -0.2) is 27.2 Å². The summed E-state index contributed by atoms with van der Waals surface area (Å²) in [7, 11) is -5.24. The molecule has 2 aromatic rings. The van der Waals surface area contributed by atoms with Gasteiger partial charge < -0.3 is 10.5 Å². The first-order valence-electron chi connectivity index (χ1n) is 9.72. The zero-order valence-corrected chi connectivity index (χ0v) is 19.1. The van der Waals surface area contributed by atoms with E-state index in [1.807, 2.05) is 0 Å². The Morgan fingerprint density at radius 3 is 2.50 bits per heavy atom. The Hall–Kier alpha value is -3.46. The molecule has 0 fully saturated rings. The van der Waals surface area contributed by atoms with Crippen molar-refractivity contribution in [1.29, 1.82) is 0 Å². The number of nitrogens with two attached hydrogens (primary N) is 1. The molecule has 0 amide bonds. The third kappa shape index (κ3) is 3.79. The molecule has 3 rings (SSSR count). The van der Waals surface area contributed by atoms with Gasteiger partial charge in [-0.2, -0.15) is 8.78 Å². The number of sulfone groups is 1. The fourth-order valence-electron chi connectivity index (χ4n) is 3.23. The minimum atomic E-state index is -5.24. The molecule has 2 N–H and O–H groups in total. The first-order valence-corrected chi connectivity index (χ1v) is 11.2. The molecule has 1 aliphatic rings. The average molecular weight is 496 g/mol. The number of amidine groups is 1. The van der Waals surface area contributed by atoms with Gasteiger partial charge in [-0.3, -0.25) is 4.99 Å². The second kappa shape index (κ2) is 8.39. The molecule has 34 heavy (non-hydrogen) atoms. The number of aliphatic imine (C=N–C) groups is 1. The van der Waals surface area contributed by atoms with Crippen LogP contribution in [0.5, 0.6) is 5.88 Å². The molecule has 0 saturated carbocycles. The number of nitrogens with zero attached hydrogens (tertiary/aromatic N) is 3. The van der Waals surface area contributed by atoms with Crippen molar-refractivity contribution in [3.05, 3.63) is 53.2 Å². The van der Waals surface area contributed by atoms with Crippen LogP contribution in [0.2, 0.25) is 0 Å². The van der Waals surface area contributed by atoms with Crippen molar-refractivity contribution in [2.24, 2.45) is 10.7 Å². The summed E-state index contributed by atoms with van der Waals surface area (Å²) in [6, 6.07) is 2.80. The molecular weight excluding hydrogens is 476 g/mol. The van der Waals surface area contributed by atoms with E-state index in [2.05, 4.69) is 20.9 Å². The molecule has 7 nitrogen and oxygen atoms in total. The van der Waals surface area contributed by atoms with E-state index in [1.165, 1.54) is 0 Å². The van der Waals surface area contributed by atoms with E-state index in [-0.39, 0.29) is 23.7 Å². The second-order valence-corrected chi connectivity index (χ2v) is 10.6. The van der Waals surface area contributed by atoms with Crippen LogP contribution in [-0.4, -0.2) is 40.8 Å². The predicted octanol–water partition coefficient (Wildman–Crippen LogP) is 3.47. The van der Waals surface area contributed by atoms with Crippen molar-refractivity contribution in [2.45, 2.75) is 36.3 Å². The van der Waals surface area contributed by atoms with Gasteiger partial charge >= 0.3 is 5.25 Å². The molecule has 1 atom stereocenters. The molecule has 0 unspecified atom stereocenters. The Morgan fingerprint density at radius 2 is 1.91 bits per heavy atom. The van der Waals surface area contributed by atoms with Gasteiger partial charge in [0.05, 0.1) is 12.4 Å². The Morgan fingerprint density at radius 1 is 1.24 bits per heavy atom. The lowest BCUT2D eigenvalue weighted by molar-refractivity contribution is 0.00753. The fraction of sp³-hybridized carbons (Fsp3) is 0.318. The SMILES string of the molecule is C#CCOc1cnc(/C(F)=C/c2ccc(F)c([C@@]3(C)N=C(N)C(C)(C)S(=O)(=O)C3(F)F)c2)cn1. The molecule has 0 saturated heterocycles. The van der Waals surface area contributed by atoms with E-state index in [9.17, 15) is 17.2 Å². The van der Waals surface area contributed by atoms with Gasteiger partial charge in [0.2, 0.25) is 15.7 Å². The van der Waals surface area contributed by atoms with Gasteiger partial charge in [0.15, 0.2) is 18.0 Å². The third-order valence-electron chi connectivity index (χ3n) is 5.52. The van der Waals surface area contributed by atoms with Crippen LogP contribution in [0.3, 0.4) is 0 Å². The quantitative estimate of drug-likeness (QED) is 0.502. The number of terminal acetylenes is 1. The minimum Gasteiger partial charge on any atom is -0.463 e. The predicted molar refractivity (Wildman–Crippen MR) is 119 cm³/mol. The number of alkyl halides is 2. The van der Waals surface area contributed by atoms with Gasteiger partial charge in [-0.05, 0) is 44.5 Å². The van der Waals surface area contributed by atoms with Crippen molar-refractivity contribution < 1.29 is 30.7 Å².